The number of halogens is 1. The molecule has 7 heteroatoms. The zero-order valence-corrected chi connectivity index (χ0v) is 15.7. The Bertz CT molecular complexity index is 920. The summed E-state index contributed by atoms with van der Waals surface area (Å²) < 4.78 is 20.4. The van der Waals surface area contributed by atoms with Gasteiger partial charge < -0.3 is 10.5 Å². The number of hydrogen-bond donors (Lipinski definition) is 1. The average Bonchev–Trinajstić information content (AvgIpc) is 3.06. The molecule has 1 amide bonds. The zero-order valence-electron chi connectivity index (χ0n) is 14.9. The van der Waals surface area contributed by atoms with Gasteiger partial charge >= 0.3 is 0 Å². The molecule has 1 spiro atoms. The van der Waals surface area contributed by atoms with E-state index in [2.05, 4.69) is 5.10 Å². The fourth-order valence-electron chi connectivity index (χ4n) is 3.74. The molecular formula is C20H20FN3O2S. The topological polar surface area (TPSA) is 67.9 Å². The van der Waals surface area contributed by atoms with Crippen LogP contribution < -0.4 is 10.5 Å². The van der Waals surface area contributed by atoms with Crippen molar-refractivity contribution in [2.75, 3.05) is 13.2 Å². The summed E-state index contributed by atoms with van der Waals surface area (Å²) in [6.07, 6.45) is 0.658. The Labute approximate surface area is 161 Å². The third kappa shape index (κ3) is 2.82. The van der Waals surface area contributed by atoms with Crippen molar-refractivity contribution in [2.45, 2.75) is 18.2 Å². The van der Waals surface area contributed by atoms with Gasteiger partial charge in [0.1, 0.15) is 16.6 Å². The molecule has 5 nitrogen and oxygen atoms in total. The molecule has 2 atom stereocenters. The van der Waals surface area contributed by atoms with Gasteiger partial charge in [-0.3, -0.25) is 4.79 Å². The maximum atomic E-state index is 14.4. The third-order valence-electron chi connectivity index (χ3n) is 4.94. The van der Waals surface area contributed by atoms with Crippen LogP contribution in [0.25, 0.3) is 0 Å². The fourth-order valence-corrected chi connectivity index (χ4v) is 5.32. The number of rotatable bonds is 3. The van der Waals surface area contributed by atoms with Gasteiger partial charge in [0.15, 0.2) is 4.87 Å². The highest BCUT2D eigenvalue weighted by atomic mass is 32.2. The monoisotopic (exact) mass is 385 g/mol. The van der Waals surface area contributed by atoms with Gasteiger partial charge in [-0.05, 0) is 31.2 Å². The predicted molar refractivity (Wildman–Crippen MR) is 104 cm³/mol. The molecule has 0 radical (unpaired) electrons. The standard InChI is InChI=1S/C20H20FN3O2S/c1-13(25)24-20(27-19(23-24)15-6-2-4-8-17(15)21)14(10-11-22)12-26-18-9-5-3-7-16(18)20/h2-9,14H,10-12,22H2,1H3/t14-,20+/m0/s1. The van der Waals surface area contributed by atoms with Crippen LogP contribution in [0, 0.1) is 11.7 Å². The summed E-state index contributed by atoms with van der Waals surface area (Å²) in [5, 5.41) is 6.53. The minimum Gasteiger partial charge on any atom is -0.493 e. The molecule has 0 unspecified atom stereocenters. The molecule has 0 fully saturated rings. The Morgan fingerprint density at radius 2 is 2.07 bits per heavy atom. The number of carbonyl (C=O) groups is 1. The predicted octanol–water partition coefficient (Wildman–Crippen LogP) is 3.29. The number of nitrogens with zero attached hydrogens (tertiary/aromatic N) is 2. The van der Waals surface area contributed by atoms with E-state index in [1.165, 1.54) is 29.8 Å². The lowest BCUT2D eigenvalue weighted by atomic mass is 9.86. The highest BCUT2D eigenvalue weighted by Gasteiger charge is 2.56. The molecule has 2 heterocycles. The number of benzene rings is 2. The van der Waals surface area contributed by atoms with Crippen LogP contribution in [0.5, 0.6) is 5.75 Å². The number of para-hydroxylation sites is 1. The molecule has 4 rings (SSSR count). The summed E-state index contributed by atoms with van der Waals surface area (Å²) >= 11 is 1.41. The van der Waals surface area contributed by atoms with Crippen LogP contribution in [0.1, 0.15) is 24.5 Å². The van der Waals surface area contributed by atoms with E-state index in [0.717, 1.165) is 11.3 Å². The number of carbonyl (C=O) groups excluding carboxylic acids is 1. The Hall–Kier alpha value is -2.38. The molecule has 0 saturated carbocycles. The lowest BCUT2D eigenvalue weighted by Gasteiger charge is -2.45. The van der Waals surface area contributed by atoms with Gasteiger partial charge in [-0.2, -0.15) is 5.10 Å². The molecule has 0 aliphatic carbocycles. The summed E-state index contributed by atoms with van der Waals surface area (Å²) in [5.41, 5.74) is 7.11. The van der Waals surface area contributed by atoms with Crippen LogP contribution in [0.3, 0.4) is 0 Å². The van der Waals surface area contributed by atoms with Gasteiger partial charge in [-0.1, -0.05) is 42.1 Å². The summed E-state index contributed by atoms with van der Waals surface area (Å²) in [7, 11) is 0. The van der Waals surface area contributed by atoms with Crippen LogP contribution in [-0.4, -0.2) is 29.1 Å². The van der Waals surface area contributed by atoms with Crippen molar-refractivity contribution < 1.29 is 13.9 Å². The lowest BCUT2D eigenvalue weighted by Crippen LogP contribution is -2.51. The van der Waals surface area contributed by atoms with Gasteiger partial charge in [0, 0.05) is 24.0 Å². The number of ether oxygens (including phenoxy) is 1. The van der Waals surface area contributed by atoms with Gasteiger partial charge in [-0.25, -0.2) is 9.40 Å². The molecular weight excluding hydrogens is 365 g/mol. The number of amides is 1. The molecule has 0 bridgehead atoms. The first-order valence-electron chi connectivity index (χ1n) is 8.83. The SMILES string of the molecule is CC(=O)N1N=C(c2ccccc2F)S[C@]12c1ccccc1OC[C@@H]2CCN. The van der Waals surface area contributed by atoms with Gasteiger partial charge in [0.2, 0.25) is 5.91 Å². The average molecular weight is 385 g/mol. The molecule has 140 valence electrons. The third-order valence-corrected chi connectivity index (χ3v) is 6.47. The van der Waals surface area contributed by atoms with Crippen LogP contribution >= 0.6 is 11.8 Å². The van der Waals surface area contributed by atoms with Gasteiger partial charge in [0.25, 0.3) is 0 Å². The zero-order chi connectivity index (χ0) is 19.0. The first kappa shape index (κ1) is 18.0. The highest BCUT2D eigenvalue weighted by Crippen LogP contribution is 2.57. The van der Waals surface area contributed by atoms with Gasteiger partial charge in [0.05, 0.1) is 6.61 Å². The number of thioether (sulfide) groups is 1. The molecule has 2 aromatic rings. The normalized spacial score (nSPS) is 23.7. The highest BCUT2D eigenvalue weighted by molar-refractivity contribution is 8.15. The maximum Gasteiger partial charge on any atom is 0.241 e. The second kappa shape index (κ2) is 6.98. The summed E-state index contributed by atoms with van der Waals surface area (Å²) in [6, 6.07) is 14.1. The largest absolute Gasteiger partial charge is 0.493 e. The second-order valence-electron chi connectivity index (χ2n) is 6.60. The molecule has 2 aliphatic rings. The first-order chi connectivity index (χ1) is 13.1. The van der Waals surface area contributed by atoms with E-state index in [0.29, 0.717) is 30.2 Å². The van der Waals surface area contributed by atoms with Crippen LogP contribution in [0.4, 0.5) is 4.39 Å². The van der Waals surface area contributed by atoms with Crippen molar-refractivity contribution >= 4 is 22.7 Å². The van der Waals surface area contributed by atoms with E-state index in [-0.39, 0.29) is 17.6 Å². The lowest BCUT2D eigenvalue weighted by molar-refractivity contribution is -0.134. The minimum absolute atomic E-state index is 0.0701. The van der Waals surface area contributed by atoms with Crippen molar-refractivity contribution in [1.29, 1.82) is 0 Å². The Morgan fingerprint density at radius 1 is 1.33 bits per heavy atom. The molecule has 0 saturated heterocycles. The molecule has 27 heavy (non-hydrogen) atoms. The fraction of sp³-hybridized carbons (Fsp3) is 0.300. The number of hydrogen-bond acceptors (Lipinski definition) is 5. The summed E-state index contributed by atoms with van der Waals surface area (Å²) in [6.45, 7) is 2.36. The van der Waals surface area contributed by atoms with E-state index in [1.807, 2.05) is 24.3 Å². The molecule has 2 aromatic carbocycles. The van der Waals surface area contributed by atoms with E-state index < -0.39 is 4.87 Å². The number of hydrazone groups is 1. The molecule has 0 aromatic heterocycles. The summed E-state index contributed by atoms with van der Waals surface area (Å²) in [5.74, 6) is 0.0846. The van der Waals surface area contributed by atoms with E-state index >= 15 is 0 Å². The van der Waals surface area contributed by atoms with E-state index in [1.54, 1.807) is 18.2 Å². The smallest absolute Gasteiger partial charge is 0.241 e. The van der Waals surface area contributed by atoms with Crippen LogP contribution in [0.2, 0.25) is 0 Å². The Balaban J connectivity index is 1.89. The minimum atomic E-state index is -0.794. The van der Waals surface area contributed by atoms with Gasteiger partial charge in [-0.15, -0.1) is 0 Å². The van der Waals surface area contributed by atoms with Crippen molar-refractivity contribution in [2.24, 2.45) is 16.8 Å². The van der Waals surface area contributed by atoms with Crippen LogP contribution in [0.15, 0.2) is 53.6 Å². The quantitative estimate of drug-likeness (QED) is 0.880. The Morgan fingerprint density at radius 3 is 2.81 bits per heavy atom. The Kier molecular flexibility index (Phi) is 4.65. The molecule has 2 N–H and O–H groups in total. The van der Waals surface area contributed by atoms with Crippen LogP contribution in [-0.2, 0) is 9.67 Å². The van der Waals surface area contributed by atoms with Crippen molar-refractivity contribution in [3.63, 3.8) is 0 Å². The summed E-state index contributed by atoms with van der Waals surface area (Å²) in [4.78, 5) is 11.8. The number of nitrogens with two attached hydrogens (primary N) is 1. The van der Waals surface area contributed by atoms with Crippen molar-refractivity contribution in [3.05, 3.63) is 65.5 Å². The maximum absolute atomic E-state index is 14.4. The van der Waals surface area contributed by atoms with E-state index in [4.69, 9.17) is 10.5 Å². The molecule has 2 aliphatic heterocycles. The first-order valence-corrected chi connectivity index (χ1v) is 9.65. The second-order valence-corrected chi connectivity index (χ2v) is 7.81. The van der Waals surface area contributed by atoms with Crippen molar-refractivity contribution in [1.82, 2.24) is 5.01 Å². The van der Waals surface area contributed by atoms with Crippen molar-refractivity contribution in [3.8, 4) is 5.75 Å². The van der Waals surface area contributed by atoms with E-state index in [9.17, 15) is 9.18 Å². The number of fused-ring (bicyclic) bond motifs is 2.